The molecule has 35 heavy (non-hydrogen) atoms. The quantitative estimate of drug-likeness (QED) is 0.428. The number of thiazole rings is 1. The van der Waals surface area contributed by atoms with Crippen molar-refractivity contribution < 1.29 is 23.9 Å². The van der Waals surface area contributed by atoms with Gasteiger partial charge in [0.15, 0.2) is 5.01 Å². The van der Waals surface area contributed by atoms with Gasteiger partial charge in [0.1, 0.15) is 5.60 Å². The standard InChI is InChI=1S/C24H24ClN3O5S2/c1-24(2,3)33-23(31)14-6-4-5-13(11-26-20(29)16-7-8-18(25)34-16)19(14)28-21(30)22-27-15-9-10-32-12-17(15)35-22/h4-8H,9-12H2,1-3H3,(H,26,29)(H,28,30). The first-order valence-corrected chi connectivity index (χ1v) is 12.9. The Morgan fingerprint density at radius 3 is 2.63 bits per heavy atom. The monoisotopic (exact) mass is 533 g/mol. The van der Waals surface area contributed by atoms with Crippen molar-refractivity contribution >= 4 is 57.7 Å². The molecule has 0 unspecified atom stereocenters. The van der Waals surface area contributed by atoms with Crippen molar-refractivity contribution in [3.05, 3.63) is 66.3 Å². The molecule has 0 radical (unpaired) electrons. The molecule has 0 bridgehead atoms. The van der Waals surface area contributed by atoms with Gasteiger partial charge in [0.25, 0.3) is 11.8 Å². The Bertz CT molecular complexity index is 1250. The van der Waals surface area contributed by atoms with Crippen LogP contribution in [0.15, 0.2) is 30.3 Å². The third-order valence-corrected chi connectivity index (χ3v) is 7.23. The number of fused-ring (bicyclic) bond motifs is 1. The Morgan fingerprint density at radius 1 is 1.14 bits per heavy atom. The normalized spacial score (nSPS) is 13.1. The second-order valence-electron chi connectivity index (χ2n) is 8.77. The van der Waals surface area contributed by atoms with Crippen LogP contribution in [-0.4, -0.2) is 35.0 Å². The second-order valence-corrected chi connectivity index (χ2v) is 11.6. The van der Waals surface area contributed by atoms with E-state index in [0.717, 1.165) is 21.9 Å². The number of rotatable bonds is 6. The Labute approximate surface area is 215 Å². The number of ether oxygens (including phenoxy) is 2. The largest absolute Gasteiger partial charge is 0.456 e. The molecule has 1 aromatic carbocycles. The third-order valence-electron chi connectivity index (χ3n) is 4.93. The number of benzene rings is 1. The summed E-state index contributed by atoms with van der Waals surface area (Å²) >= 11 is 8.36. The number of esters is 1. The van der Waals surface area contributed by atoms with E-state index in [2.05, 4.69) is 15.6 Å². The molecule has 1 aliphatic rings. The highest BCUT2D eigenvalue weighted by molar-refractivity contribution is 7.18. The summed E-state index contributed by atoms with van der Waals surface area (Å²) in [5, 5.41) is 5.93. The minimum absolute atomic E-state index is 0.0722. The minimum atomic E-state index is -0.727. The predicted molar refractivity (Wildman–Crippen MR) is 136 cm³/mol. The van der Waals surface area contributed by atoms with E-state index in [9.17, 15) is 14.4 Å². The van der Waals surface area contributed by atoms with E-state index in [-0.39, 0.29) is 28.7 Å². The number of para-hydroxylation sites is 1. The van der Waals surface area contributed by atoms with Crippen LogP contribution in [0.25, 0.3) is 0 Å². The summed E-state index contributed by atoms with van der Waals surface area (Å²) in [5.74, 6) is -1.34. The summed E-state index contributed by atoms with van der Waals surface area (Å²) in [6.45, 7) is 6.37. The van der Waals surface area contributed by atoms with E-state index in [1.165, 1.54) is 11.3 Å². The number of anilines is 1. The van der Waals surface area contributed by atoms with Gasteiger partial charge in [-0.05, 0) is 44.5 Å². The third kappa shape index (κ3) is 6.26. The highest BCUT2D eigenvalue weighted by Gasteiger charge is 2.25. The minimum Gasteiger partial charge on any atom is -0.456 e. The van der Waals surface area contributed by atoms with E-state index >= 15 is 0 Å². The average Bonchev–Trinajstić information content (AvgIpc) is 3.43. The van der Waals surface area contributed by atoms with Gasteiger partial charge in [-0.1, -0.05) is 23.7 Å². The SMILES string of the molecule is CC(C)(C)OC(=O)c1cccc(CNC(=O)c2ccc(Cl)s2)c1NC(=O)c1nc2c(s1)COCC2. The maximum Gasteiger partial charge on any atom is 0.340 e. The van der Waals surface area contributed by atoms with Crippen LogP contribution >= 0.6 is 34.3 Å². The summed E-state index contributed by atoms with van der Waals surface area (Å²) in [4.78, 5) is 44.5. The number of carbonyl (C=O) groups is 3. The van der Waals surface area contributed by atoms with E-state index in [1.807, 2.05) is 0 Å². The van der Waals surface area contributed by atoms with Crippen LogP contribution in [0.3, 0.4) is 0 Å². The van der Waals surface area contributed by atoms with Crippen molar-refractivity contribution in [3.63, 3.8) is 0 Å². The fourth-order valence-electron chi connectivity index (χ4n) is 3.39. The van der Waals surface area contributed by atoms with Crippen LogP contribution in [-0.2, 0) is 29.0 Å². The molecule has 4 rings (SSSR count). The lowest BCUT2D eigenvalue weighted by Crippen LogP contribution is -2.27. The fraction of sp³-hybridized carbons (Fsp3) is 0.333. The maximum absolute atomic E-state index is 13.2. The van der Waals surface area contributed by atoms with E-state index in [0.29, 0.717) is 34.4 Å². The Morgan fingerprint density at radius 2 is 1.94 bits per heavy atom. The van der Waals surface area contributed by atoms with Crippen molar-refractivity contribution in [2.24, 2.45) is 0 Å². The van der Waals surface area contributed by atoms with Gasteiger partial charge in [-0.2, -0.15) is 0 Å². The van der Waals surface area contributed by atoms with Gasteiger partial charge < -0.3 is 20.1 Å². The highest BCUT2D eigenvalue weighted by atomic mass is 35.5. The smallest absolute Gasteiger partial charge is 0.340 e. The Balaban J connectivity index is 1.62. The molecule has 0 fully saturated rings. The number of halogens is 1. The molecule has 2 aromatic heterocycles. The number of carbonyl (C=O) groups excluding carboxylic acids is 3. The number of hydrogen-bond acceptors (Lipinski definition) is 8. The van der Waals surface area contributed by atoms with Crippen LogP contribution < -0.4 is 10.6 Å². The van der Waals surface area contributed by atoms with Crippen molar-refractivity contribution in [1.29, 1.82) is 0 Å². The number of nitrogens with one attached hydrogen (secondary N) is 2. The van der Waals surface area contributed by atoms with Gasteiger partial charge in [0.2, 0.25) is 0 Å². The average molecular weight is 534 g/mol. The van der Waals surface area contributed by atoms with Crippen LogP contribution in [0, 0.1) is 0 Å². The lowest BCUT2D eigenvalue weighted by atomic mass is 10.1. The zero-order valence-electron chi connectivity index (χ0n) is 19.4. The number of aromatic nitrogens is 1. The van der Waals surface area contributed by atoms with Gasteiger partial charge in [-0.3, -0.25) is 9.59 Å². The number of hydrogen-bond donors (Lipinski definition) is 2. The summed E-state index contributed by atoms with van der Waals surface area (Å²) in [5.41, 5.74) is 1.12. The Kier molecular flexibility index (Phi) is 7.56. The fourth-order valence-corrected chi connectivity index (χ4v) is 5.29. The summed E-state index contributed by atoms with van der Waals surface area (Å²) in [7, 11) is 0. The zero-order chi connectivity index (χ0) is 25.2. The molecule has 11 heteroatoms. The molecule has 0 atom stereocenters. The molecule has 0 aliphatic carbocycles. The number of thiophene rings is 1. The van der Waals surface area contributed by atoms with Crippen molar-refractivity contribution in [1.82, 2.24) is 10.3 Å². The topological polar surface area (TPSA) is 107 Å². The molecule has 0 saturated heterocycles. The molecule has 3 heterocycles. The van der Waals surface area contributed by atoms with Crippen LogP contribution in [0.2, 0.25) is 4.34 Å². The number of nitrogens with zero attached hydrogens (tertiary/aromatic N) is 1. The van der Waals surface area contributed by atoms with Crippen molar-refractivity contribution in [3.8, 4) is 0 Å². The van der Waals surface area contributed by atoms with Crippen LogP contribution in [0.4, 0.5) is 5.69 Å². The molecule has 8 nitrogen and oxygen atoms in total. The Hall–Kier alpha value is -2.79. The van der Waals surface area contributed by atoms with Crippen LogP contribution in [0.5, 0.6) is 0 Å². The lowest BCUT2D eigenvalue weighted by Gasteiger charge is -2.21. The molecule has 0 spiro atoms. The van der Waals surface area contributed by atoms with Crippen LogP contribution in [0.1, 0.15) is 66.7 Å². The molecule has 2 amide bonds. The van der Waals surface area contributed by atoms with Gasteiger partial charge in [-0.25, -0.2) is 9.78 Å². The maximum atomic E-state index is 13.2. The van der Waals surface area contributed by atoms with E-state index < -0.39 is 17.5 Å². The molecule has 2 N–H and O–H groups in total. The van der Waals surface area contributed by atoms with Gasteiger partial charge >= 0.3 is 5.97 Å². The summed E-state index contributed by atoms with van der Waals surface area (Å²) in [6.07, 6.45) is 0.650. The lowest BCUT2D eigenvalue weighted by molar-refractivity contribution is 0.00706. The predicted octanol–water partition coefficient (Wildman–Crippen LogP) is 5.07. The molecular weight excluding hydrogens is 510 g/mol. The first-order chi connectivity index (χ1) is 16.6. The molecule has 184 valence electrons. The highest BCUT2D eigenvalue weighted by Crippen LogP contribution is 2.28. The first-order valence-electron chi connectivity index (χ1n) is 10.9. The molecular formula is C24H24ClN3O5S2. The van der Waals surface area contributed by atoms with Crippen molar-refractivity contribution in [2.45, 2.75) is 45.9 Å². The summed E-state index contributed by atoms with van der Waals surface area (Å²) in [6, 6.07) is 8.27. The number of amides is 2. The zero-order valence-corrected chi connectivity index (χ0v) is 21.8. The van der Waals surface area contributed by atoms with E-state index in [1.54, 1.807) is 51.1 Å². The molecule has 0 saturated carbocycles. The molecule has 3 aromatic rings. The van der Waals surface area contributed by atoms with Gasteiger partial charge in [-0.15, -0.1) is 22.7 Å². The van der Waals surface area contributed by atoms with Gasteiger partial charge in [0.05, 0.1) is 44.2 Å². The van der Waals surface area contributed by atoms with Gasteiger partial charge in [0, 0.05) is 13.0 Å². The van der Waals surface area contributed by atoms with E-state index in [4.69, 9.17) is 21.1 Å². The first kappa shape index (κ1) is 25.3. The summed E-state index contributed by atoms with van der Waals surface area (Å²) < 4.78 is 11.5. The second kappa shape index (κ2) is 10.4. The van der Waals surface area contributed by atoms with Crippen molar-refractivity contribution in [2.75, 3.05) is 11.9 Å². The molecule has 1 aliphatic heterocycles.